The van der Waals surface area contributed by atoms with Crippen LogP contribution in [-0.2, 0) is 0 Å². The van der Waals surface area contributed by atoms with Gasteiger partial charge in [-0.25, -0.2) is 0 Å². The second kappa shape index (κ2) is 7.88. The fourth-order valence-electron chi connectivity index (χ4n) is 2.32. The topological polar surface area (TPSA) is 23.1 Å². The van der Waals surface area contributed by atoms with E-state index in [4.69, 9.17) is 0 Å². The molecule has 0 heterocycles. The predicted octanol–water partition coefficient (Wildman–Crippen LogP) is -0.891. The molecular weight excluding hydrogens is 191 g/mol. The minimum atomic E-state index is -0.565. The molecule has 0 unspecified atom stereocenters. The van der Waals surface area contributed by atoms with E-state index in [2.05, 4.69) is 13.8 Å². The van der Waals surface area contributed by atoms with Crippen LogP contribution in [0.15, 0.2) is 0 Å². The quantitative estimate of drug-likeness (QED) is 0.430. The van der Waals surface area contributed by atoms with Crippen molar-refractivity contribution in [3.05, 3.63) is 0 Å². The summed E-state index contributed by atoms with van der Waals surface area (Å²) in [5.41, 5.74) is -0.565. The Bertz CT molecular complexity index is 131. The van der Waals surface area contributed by atoms with E-state index in [1.807, 2.05) is 0 Å². The summed E-state index contributed by atoms with van der Waals surface area (Å²) in [5, 5.41) is 12.2. The Morgan fingerprint density at radius 1 is 1.07 bits per heavy atom. The van der Waals surface area contributed by atoms with Gasteiger partial charge in [-0.3, -0.25) is 0 Å². The molecule has 0 bridgehead atoms. The van der Waals surface area contributed by atoms with Crippen LogP contribution in [0.2, 0.25) is 0 Å². The molecule has 0 atom stereocenters. The maximum Gasteiger partial charge on any atom is 2.00 e. The average molecular weight is 213 g/mol. The standard InChI is InChI=1S/C11H21O.FH.Mg/c1-10(2)9-11(12)7-5-3-4-6-8-11;;/h10H,3-9H2,1-2H3;1H;/q-1;;+2/p-1. The first-order valence-electron chi connectivity index (χ1n) is 5.33. The molecule has 3 heteroatoms. The Labute approximate surface area is 103 Å². The largest absolute Gasteiger partial charge is 2.00 e. The van der Waals surface area contributed by atoms with Gasteiger partial charge in [0.05, 0.1) is 0 Å². The zero-order valence-electron chi connectivity index (χ0n) is 9.52. The minimum Gasteiger partial charge on any atom is -1.00 e. The zero-order chi connectivity index (χ0) is 9.03. The molecule has 0 aliphatic heterocycles. The maximum atomic E-state index is 12.2. The van der Waals surface area contributed by atoms with E-state index in [-0.39, 0.29) is 27.8 Å². The second-order valence-corrected chi connectivity index (χ2v) is 4.70. The van der Waals surface area contributed by atoms with Crippen molar-refractivity contribution in [2.75, 3.05) is 0 Å². The molecular formula is C11H21FMgO. The zero-order valence-corrected chi connectivity index (χ0v) is 10.9. The van der Waals surface area contributed by atoms with Gasteiger partial charge in [-0.1, -0.05) is 58.8 Å². The van der Waals surface area contributed by atoms with Gasteiger partial charge in [0.2, 0.25) is 0 Å². The fourth-order valence-corrected chi connectivity index (χ4v) is 2.32. The van der Waals surface area contributed by atoms with Crippen molar-refractivity contribution in [3.63, 3.8) is 0 Å². The van der Waals surface area contributed by atoms with Crippen LogP contribution >= 0.6 is 0 Å². The van der Waals surface area contributed by atoms with Gasteiger partial charge in [0, 0.05) is 0 Å². The van der Waals surface area contributed by atoms with Crippen LogP contribution in [0.5, 0.6) is 0 Å². The number of hydrogen-bond acceptors (Lipinski definition) is 1. The Kier molecular flexibility index (Phi) is 9.61. The van der Waals surface area contributed by atoms with Crippen LogP contribution in [0.4, 0.5) is 0 Å². The summed E-state index contributed by atoms with van der Waals surface area (Å²) in [5.74, 6) is 0.570. The minimum absolute atomic E-state index is 0. The van der Waals surface area contributed by atoms with Gasteiger partial charge in [-0.2, -0.15) is 0 Å². The first-order chi connectivity index (χ1) is 5.62. The van der Waals surface area contributed by atoms with Crippen molar-refractivity contribution in [2.24, 2.45) is 5.92 Å². The molecule has 1 aliphatic carbocycles. The van der Waals surface area contributed by atoms with Crippen molar-refractivity contribution >= 4 is 23.1 Å². The summed E-state index contributed by atoms with van der Waals surface area (Å²) in [4.78, 5) is 0. The van der Waals surface area contributed by atoms with Crippen molar-refractivity contribution in [3.8, 4) is 0 Å². The summed E-state index contributed by atoms with van der Waals surface area (Å²) in [6.45, 7) is 4.31. The number of halogens is 1. The molecule has 1 rings (SSSR count). The van der Waals surface area contributed by atoms with E-state index < -0.39 is 5.60 Å². The van der Waals surface area contributed by atoms with Crippen LogP contribution < -0.4 is 9.81 Å². The van der Waals surface area contributed by atoms with E-state index in [0.29, 0.717) is 5.92 Å². The van der Waals surface area contributed by atoms with Gasteiger partial charge in [-0.15, -0.1) is 5.60 Å². The van der Waals surface area contributed by atoms with Gasteiger partial charge in [0.1, 0.15) is 0 Å². The molecule has 0 radical (unpaired) electrons. The molecule has 1 fully saturated rings. The van der Waals surface area contributed by atoms with Crippen LogP contribution in [-0.4, -0.2) is 28.7 Å². The predicted molar refractivity (Wildman–Crippen MR) is 55.6 cm³/mol. The normalized spacial score (nSPS) is 20.6. The monoisotopic (exact) mass is 212 g/mol. The van der Waals surface area contributed by atoms with E-state index in [0.717, 1.165) is 32.1 Å². The van der Waals surface area contributed by atoms with E-state index in [1.165, 1.54) is 12.8 Å². The molecule has 0 amide bonds. The smallest absolute Gasteiger partial charge is 1.00 e. The Hall–Kier alpha value is 0.656. The van der Waals surface area contributed by atoms with Crippen molar-refractivity contribution < 1.29 is 9.81 Å². The van der Waals surface area contributed by atoms with Gasteiger partial charge in [0.25, 0.3) is 0 Å². The van der Waals surface area contributed by atoms with E-state index in [1.54, 1.807) is 0 Å². The molecule has 0 aromatic heterocycles. The molecule has 0 aromatic carbocycles. The second-order valence-electron chi connectivity index (χ2n) is 4.70. The molecule has 1 saturated carbocycles. The molecule has 0 spiro atoms. The van der Waals surface area contributed by atoms with Crippen LogP contribution in [0.25, 0.3) is 0 Å². The van der Waals surface area contributed by atoms with Gasteiger partial charge >= 0.3 is 23.1 Å². The van der Waals surface area contributed by atoms with Gasteiger partial charge in [0.15, 0.2) is 0 Å². The fraction of sp³-hybridized carbons (Fsp3) is 1.00. The molecule has 14 heavy (non-hydrogen) atoms. The summed E-state index contributed by atoms with van der Waals surface area (Å²) >= 11 is 0. The molecule has 0 saturated heterocycles. The first-order valence-corrected chi connectivity index (χ1v) is 5.33. The maximum absolute atomic E-state index is 12.2. The first kappa shape index (κ1) is 17.1. The van der Waals surface area contributed by atoms with Crippen LogP contribution in [0.3, 0.4) is 0 Å². The van der Waals surface area contributed by atoms with Crippen molar-refractivity contribution in [1.29, 1.82) is 0 Å². The number of hydrogen-bond donors (Lipinski definition) is 0. The summed E-state index contributed by atoms with van der Waals surface area (Å²) < 4.78 is 0. The molecule has 0 N–H and O–H groups in total. The third-order valence-corrected chi connectivity index (χ3v) is 2.80. The number of rotatable bonds is 2. The van der Waals surface area contributed by atoms with Crippen molar-refractivity contribution in [1.82, 2.24) is 0 Å². The van der Waals surface area contributed by atoms with Crippen molar-refractivity contribution in [2.45, 2.75) is 64.4 Å². The summed E-state index contributed by atoms with van der Waals surface area (Å²) in [7, 11) is 0. The van der Waals surface area contributed by atoms with Gasteiger partial charge in [-0.05, 0) is 5.92 Å². The summed E-state index contributed by atoms with van der Waals surface area (Å²) in [6, 6.07) is 0. The van der Waals surface area contributed by atoms with Gasteiger partial charge < -0.3 is 9.81 Å². The third kappa shape index (κ3) is 6.20. The van der Waals surface area contributed by atoms with E-state index in [9.17, 15) is 5.11 Å². The molecule has 80 valence electrons. The Balaban J connectivity index is 0. The molecule has 1 nitrogen and oxygen atoms in total. The molecule has 0 aromatic rings. The third-order valence-electron chi connectivity index (χ3n) is 2.80. The van der Waals surface area contributed by atoms with E-state index >= 15 is 0 Å². The molecule has 1 aliphatic rings. The summed E-state index contributed by atoms with van der Waals surface area (Å²) in [6.07, 6.45) is 7.61. The van der Waals surface area contributed by atoms with Crippen LogP contribution in [0.1, 0.15) is 58.8 Å². The Morgan fingerprint density at radius 3 is 1.86 bits per heavy atom. The van der Waals surface area contributed by atoms with Crippen LogP contribution in [0, 0.1) is 5.92 Å². The Morgan fingerprint density at radius 2 is 1.50 bits per heavy atom. The SMILES string of the molecule is CC(C)CC1([O-])CCCCCC1.[F-].[Mg+2]. The average Bonchev–Trinajstić information content (AvgIpc) is 2.12.